The first kappa shape index (κ1) is 21.7. The Morgan fingerprint density at radius 3 is 2.66 bits per heavy atom. The van der Waals surface area contributed by atoms with Crippen LogP contribution in [-0.4, -0.2) is 24.1 Å². The molecular weight excluding hydrogens is 452 g/mol. The predicted molar refractivity (Wildman–Crippen MR) is 117 cm³/mol. The summed E-state index contributed by atoms with van der Waals surface area (Å²) in [6, 6.07) is 9.98. The van der Waals surface area contributed by atoms with Crippen molar-refractivity contribution in [1.82, 2.24) is 5.32 Å². The molecule has 1 aliphatic heterocycles. The van der Waals surface area contributed by atoms with Gasteiger partial charge in [-0.1, -0.05) is 53.7 Å². The van der Waals surface area contributed by atoms with Crippen LogP contribution in [0.1, 0.15) is 45.1 Å². The molecule has 29 heavy (non-hydrogen) atoms. The lowest BCUT2D eigenvalue weighted by molar-refractivity contribution is -0.139. The zero-order chi connectivity index (χ0) is 21.2. The normalized spacial score (nSPS) is 20.7. The number of benzene rings is 1. The van der Waals surface area contributed by atoms with Crippen LogP contribution in [-0.2, 0) is 14.3 Å². The summed E-state index contributed by atoms with van der Waals surface area (Å²) < 4.78 is 5.95. The van der Waals surface area contributed by atoms with E-state index in [0.717, 1.165) is 15.7 Å². The first-order valence-electron chi connectivity index (χ1n) is 9.47. The molecule has 5 nitrogen and oxygen atoms in total. The Balaban J connectivity index is 2.06. The van der Waals surface area contributed by atoms with Crippen molar-refractivity contribution in [2.45, 2.75) is 39.5 Å². The number of carbonyl (C=O) groups is 2. The van der Waals surface area contributed by atoms with Crippen LogP contribution in [0.15, 0.2) is 50.6 Å². The van der Waals surface area contributed by atoms with Gasteiger partial charge in [0.15, 0.2) is 5.78 Å². The minimum absolute atomic E-state index is 0.0684. The lowest BCUT2D eigenvalue weighted by Crippen LogP contribution is -2.37. The molecule has 0 aromatic heterocycles. The van der Waals surface area contributed by atoms with Crippen molar-refractivity contribution in [2.24, 2.45) is 5.41 Å². The molecule has 1 aromatic rings. The molecule has 1 aromatic carbocycles. The van der Waals surface area contributed by atoms with Gasteiger partial charge in [-0.15, -0.1) is 0 Å². The van der Waals surface area contributed by atoms with E-state index in [4.69, 9.17) is 4.74 Å². The van der Waals surface area contributed by atoms with E-state index in [1.54, 1.807) is 6.92 Å². The number of nitriles is 1. The molecule has 0 spiro atoms. The second-order valence-electron chi connectivity index (χ2n) is 7.89. The molecule has 0 bridgehead atoms. The lowest BCUT2D eigenvalue weighted by Gasteiger charge is -2.39. The highest BCUT2D eigenvalue weighted by molar-refractivity contribution is 9.10. The van der Waals surface area contributed by atoms with Crippen LogP contribution < -0.4 is 5.32 Å². The van der Waals surface area contributed by atoms with Crippen molar-refractivity contribution in [3.63, 3.8) is 0 Å². The van der Waals surface area contributed by atoms with Gasteiger partial charge in [0, 0.05) is 22.2 Å². The van der Waals surface area contributed by atoms with Gasteiger partial charge in [-0.25, -0.2) is 0 Å². The molecule has 0 amide bonds. The Morgan fingerprint density at radius 2 is 2.03 bits per heavy atom. The molecule has 2 aliphatic rings. The van der Waals surface area contributed by atoms with Gasteiger partial charge in [-0.05, 0) is 36.5 Å². The van der Waals surface area contributed by atoms with Gasteiger partial charge in [0.25, 0.3) is 0 Å². The van der Waals surface area contributed by atoms with Crippen LogP contribution in [0.3, 0.4) is 0 Å². The molecule has 0 radical (unpaired) electrons. The number of allylic oxidation sites excluding steroid dienone is 3. The maximum Gasteiger partial charge on any atom is 0.316 e. The molecule has 0 fully saturated rings. The molecule has 7 heteroatoms. The number of thioether (sulfide) groups is 1. The van der Waals surface area contributed by atoms with Crippen molar-refractivity contribution in [3.8, 4) is 6.07 Å². The van der Waals surface area contributed by atoms with E-state index in [9.17, 15) is 14.9 Å². The quantitative estimate of drug-likeness (QED) is 0.616. The highest BCUT2D eigenvalue weighted by Gasteiger charge is 2.41. The lowest BCUT2D eigenvalue weighted by atomic mass is 9.69. The number of rotatable bonds is 5. The number of hydrogen-bond acceptors (Lipinski definition) is 6. The third-order valence-electron chi connectivity index (χ3n) is 4.97. The summed E-state index contributed by atoms with van der Waals surface area (Å²) in [5, 5.41) is 13.9. The first-order valence-corrected chi connectivity index (χ1v) is 11.2. The smallest absolute Gasteiger partial charge is 0.316 e. The molecule has 0 unspecified atom stereocenters. The van der Waals surface area contributed by atoms with E-state index in [-0.39, 0.29) is 22.9 Å². The largest absolute Gasteiger partial charge is 0.465 e. The summed E-state index contributed by atoms with van der Waals surface area (Å²) in [4.78, 5) is 25.0. The van der Waals surface area contributed by atoms with Gasteiger partial charge >= 0.3 is 5.97 Å². The van der Waals surface area contributed by atoms with E-state index < -0.39 is 5.92 Å². The van der Waals surface area contributed by atoms with E-state index in [1.807, 2.05) is 24.3 Å². The summed E-state index contributed by atoms with van der Waals surface area (Å²) in [6.45, 7) is 6.22. The van der Waals surface area contributed by atoms with Crippen molar-refractivity contribution in [2.75, 3.05) is 12.4 Å². The van der Waals surface area contributed by atoms with Gasteiger partial charge in [-0.2, -0.15) is 5.26 Å². The Labute approximate surface area is 183 Å². The van der Waals surface area contributed by atoms with Crippen molar-refractivity contribution < 1.29 is 14.3 Å². The Kier molecular flexibility index (Phi) is 6.55. The predicted octanol–water partition coefficient (Wildman–Crippen LogP) is 4.81. The zero-order valence-corrected chi connectivity index (χ0v) is 19.1. The summed E-state index contributed by atoms with van der Waals surface area (Å²) in [5.41, 5.74) is 2.72. The van der Waals surface area contributed by atoms with E-state index in [1.165, 1.54) is 11.8 Å². The second-order valence-corrected chi connectivity index (χ2v) is 9.79. The summed E-state index contributed by atoms with van der Waals surface area (Å²) in [6.07, 6.45) is 1.16. The van der Waals surface area contributed by atoms with Crippen LogP contribution in [0.4, 0.5) is 0 Å². The first-order chi connectivity index (χ1) is 13.8. The third kappa shape index (κ3) is 4.76. The molecule has 0 saturated carbocycles. The Hall–Kier alpha value is -2.04. The van der Waals surface area contributed by atoms with Crippen molar-refractivity contribution in [1.29, 1.82) is 5.26 Å². The van der Waals surface area contributed by atoms with Crippen LogP contribution in [0.5, 0.6) is 0 Å². The number of nitrogens with zero attached hydrogens (tertiary/aromatic N) is 1. The fraction of sp³-hybridized carbons (Fsp3) is 0.409. The number of ether oxygens (including phenoxy) is 1. The fourth-order valence-corrected chi connectivity index (χ4v) is 4.94. The maximum atomic E-state index is 13.1. The van der Waals surface area contributed by atoms with Gasteiger partial charge in [0.1, 0.15) is 0 Å². The van der Waals surface area contributed by atoms with Gasteiger partial charge in [0.2, 0.25) is 0 Å². The number of halogens is 1. The summed E-state index contributed by atoms with van der Waals surface area (Å²) >= 11 is 4.69. The number of dihydropyridines is 1. The summed E-state index contributed by atoms with van der Waals surface area (Å²) in [7, 11) is 0. The Bertz CT molecular complexity index is 942. The van der Waals surface area contributed by atoms with Crippen LogP contribution >= 0.6 is 27.7 Å². The SMILES string of the molecule is CCOC(=O)CSC1=C(C#N)[C@H](c2ccc(Br)cc2)C2=C(CC(C)(C)CC2=O)N1. The maximum absolute atomic E-state index is 13.1. The highest BCUT2D eigenvalue weighted by Crippen LogP contribution is 2.47. The molecule has 1 aliphatic carbocycles. The average molecular weight is 475 g/mol. The van der Waals surface area contributed by atoms with Crippen LogP contribution in [0.2, 0.25) is 0 Å². The van der Waals surface area contributed by atoms with Crippen molar-refractivity contribution in [3.05, 3.63) is 56.2 Å². The molecular formula is C22H23BrN2O3S. The van der Waals surface area contributed by atoms with Gasteiger partial charge in [-0.3, -0.25) is 9.59 Å². The second kappa shape index (κ2) is 8.76. The number of hydrogen-bond donors (Lipinski definition) is 1. The van der Waals surface area contributed by atoms with E-state index >= 15 is 0 Å². The molecule has 1 heterocycles. The number of Topliss-reactive ketones (excluding diaryl/α,β-unsaturated/α-hetero) is 1. The topological polar surface area (TPSA) is 79.2 Å². The number of nitrogens with one attached hydrogen (secondary N) is 1. The minimum atomic E-state index is -0.433. The van der Waals surface area contributed by atoms with Gasteiger partial charge in [0.05, 0.1) is 34.9 Å². The van der Waals surface area contributed by atoms with E-state index in [2.05, 4.69) is 41.2 Å². The van der Waals surface area contributed by atoms with Gasteiger partial charge < -0.3 is 10.1 Å². The molecule has 152 valence electrons. The van der Waals surface area contributed by atoms with Crippen molar-refractivity contribution >= 4 is 39.4 Å². The Morgan fingerprint density at radius 1 is 1.34 bits per heavy atom. The fourth-order valence-electron chi connectivity index (χ4n) is 3.81. The third-order valence-corrected chi connectivity index (χ3v) is 6.49. The molecule has 0 saturated heterocycles. The highest BCUT2D eigenvalue weighted by atomic mass is 79.9. The van der Waals surface area contributed by atoms with E-state index in [0.29, 0.717) is 35.6 Å². The number of esters is 1. The molecule has 1 atom stereocenters. The monoisotopic (exact) mass is 474 g/mol. The zero-order valence-electron chi connectivity index (χ0n) is 16.7. The number of ketones is 1. The average Bonchev–Trinajstić information content (AvgIpc) is 2.65. The minimum Gasteiger partial charge on any atom is -0.465 e. The standard InChI is InChI=1S/C22H23BrN2O3S/c1-4-28-18(27)12-29-21-15(11-24)19(13-5-7-14(23)8-6-13)20-16(25-21)9-22(2,3)10-17(20)26/h5-8,19,25H,4,9-10,12H2,1-3H3/t19-/m0/s1. The number of carbonyl (C=O) groups excluding carboxylic acids is 2. The molecule has 3 rings (SSSR count). The van der Waals surface area contributed by atoms with Crippen LogP contribution in [0, 0.1) is 16.7 Å². The molecule has 1 N–H and O–H groups in total. The summed E-state index contributed by atoms with van der Waals surface area (Å²) in [5.74, 6) is -0.588. The van der Waals surface area contributed by atoms with Crippen LogP contribution in [0.25, 0.3) is 0 Å².